The van der Waals surface area contributed by atoms with Crippen molar-refractivity contribution in [1.82, 2.24) is 5.32 Å². The zero-order chi connectivity index (χ0) is 24.4. The summed E-state index contributed by atoms with van der Waals surface area (Å²) in [7, 11) is 0. The molecule has 0 saturated carbocycles. The SMILES string of the molecule is CC/C=C\C/C=C\C/C=C\C/C=C\C/C=C\C/C=C\CCC(=O)N[C@@H](CCCCN)C(=O)O. The van der Waals surface area contributed by atoms with Crippen LogP contribution < -0.4 is 11.1 Å². The molecule has 0 aromatic carbocycles. The molecule has 0 aliphatic rings. The highest BCUT2D eigenvalue weighted by atomic mass is 16.4. The van der Waals surface area contributed by atoms with E-state index in [9.17, 15) is 14.7 Å². The molecular weight excluding hydrogens is 412 g/mol. The topological polar surface area (TPSA) is 92.4 Å². The van der Waals surface area contributed by atoms with Gasteiger partial charge in [-0.15, -0.1) is 0 Å². The maximum absolute atomic E-state index is 11.9. The van der Waals surface area contributed by atoms with Gasteiger partial charge < -0.3 is 16.2 Å². The molecule has 1 amide bonds. The molecule has 0 heterocycles. The summed E-state index contributed by atoms with van der Waals surface area (Å²) in [4.78, 5) is 23.1. The fraction of sp³-hybridized carbons (Fsp3) is 0.500. The van der Waals surface area contributed by atoms with Crippen molar-refractivity contribution in [3.8, 4) is 0 Å². The average Bonchev–Trinajstić information content (AvgIpc) is 2.80. The van der Waals surface area contributed by atoms with Crippen LogP contribution >= 0.6 is 0 Å². The van der Waals surface area contributed by atoms with Gasteiger partial charge in [0.15, 0.2) is 0 Å². The molecule has 0 spiro atoms. The normalized spacial score (nSPS) is 13.5. The van der Waals surface area contributed by atoms with Crippen molar-refractivity contribution in [2.75, 3.05) is 6.54 Å². The highest BCUT2D eigenvalue weighted by molar-refractivity contribution is 5.83. The Kier molecular flexibility index (Phi) is 22.1. The maximum Gasteiger partial charge on any atom is 0.326 e. The van der Waals surface area contributed by atoms with Crippen LogP contribution in [0.25, 0.3) is 0 Å². The van der Waals surface area contributed by atoms with Crippen molar-refractivity contribution < 1.29 is 14.7 Å². The Morgan fingerprint density at radius 3 is 1.64 bits per heavy atom. The first kappa shape index (κ1) is 30.3. The molecule has 0 fully saturated rings. The molecule has 0 bridgehead atoms. The molecule has 0 aliphatic carbocycles. The number of carbonyl (C=O) groups excluding carboxylic acids is 1. The third kappa shape index (κ3) is 22.3. The van der Waals surface area contributed by atoms with Gasteiger partial charge in [0, 0.05) is 6.42 Å². The number of carboxylic acids is 1. The van der Waals surface area contributed by atoms with Crippen molar-refractivity contribution in [3.63, 3.8) is 0 Å². The molecule has 0 radical (unpaired) electrons. The van der Waals surface area contributed by atoms with Crippen LogP contribution in [0.4, 0.5) is 0 Å². The summed E-state index contributed by atoms with van der Waals surface area (Å²) in [5.74, 6) is -1.22. The second-order valence-electron chi connectivity index (χ2n) is 7.70. The molecule has 0 aliphatic heterocycles. The van der Waals surface area contributed by atoms with Gasteiger partial charge in [0.1, 0.15) is 6.04 Å². The Hall–Kier alpha value is -2.66. The van der Waals surface area contributed by atoms with E-state index in [-0.39, 0.29) is 5.91 Å². The van der Waals surface area contributed by atoms with Gasteiger partial charge >= 0.3 is 5.97 Å². The fourth-order valence-electron chi connectivity index (χ4n) is 2.87. The smallest absolute Gasteiger partial charge is 0.326 e. The highest BCUT2D eigenvalue weighted by Gasteiger charge is 2.18. The van der Waals surface area contributed by atoms with Crippen LogP contribution in [0, 0.1) is 0 Å². The number of allylic oxidation sites excluding steroid dienone is 12. The van der Waals surface area contributed by atoms with Crippen LogP contribution in [0.3, 0.4) is 0 Å². The van der Waals surface area contributed by atoms with Crippen LogP contribution in [0.15, 0.2) is 72.9 Å². The Labute approximate surface area is 200 Å². The highest BCUT2D eigenvalue weighted by Crippen LogP contribution is 2.03. The lowest BCUT2D eigenvalue weighted by molar-refractivity contribution is -0.142. The number of rotatable bonds is 20. The average molecular weight is 457 g/mol. The Balaban J connectivity index is 3.79. The Morgan fingerprint density at radius 1 is 0.758 bits per heavy atom. The van der Waals surface area contributed by atoms with Crippen molar-refractivity contribution in [2.45, 2.75) is 83.6 Å². The van der Waals surface area contributed by atoms with Gasteiger partial charge in [0.2, 0.25) is 5.91 Å². The molecule has 0 aromatic rings. The molecular formula is C28H44N2O3. The van der Waals surface area contributed by atoms with Gasteiger partial charge in [-0.3, -0.25) is 4.79 Å². The van der Waals surface area contributed by atoms with E-state index in [0.29, 0.717) is 32.2 Å². The zero-order valence-corrected chi connectivity index (χ0v) is 20.3. The van der Waals surface area contributed by atoms with Gasteiger partial charge in [-0.25, -0.2) is 4.79 Å². The summed E-state index contributed by atoms with van der Waals surface area (Å²) in [6.45, 7) is 2.67. The van der Waals surface area contributed by atoms with Gasteiger partial charge in [0.05, 0.1) is 0 Å². The number of nitrogens with two attached hydrogens (primary N) is 1. The van der Waals surface area contributed by atoms with E-state index in [1.165, 1.54) is 0 Å². The molecule has 33 heavy (non-hydrogen) atoms. The summed E-state index contributed by atoms with van der Waals surface area (Å²) < 4.78 is 0. The standard InChI is InChI=1S/C28H44N2O3/c1-2-3-4-5-6-7-8-9-10-11-12-13-14-15-16-17-18-19-20-24-27(31)30-26(28(32)33)23-21-22-25-29/h3-4,6-7,9-10,12-13,15-16,18-19,26H,2,5,8,11,14,17,20-25,29H2,1H3,(H,30,31)(H,32,33)/b4-3-,7-6-,10-9-,13-12-,16-15-,19-18-/t26-/m0/s1. The molecule has 0 rings (SSSR count). The van der Waals surface area contributed by atoms with Crippen molar-refractivity contribution >= 4 is 11.9 Å². The van der Waals surface area contributed by atoms with E-state index in [2.05, 4.69) is 73.0 Å². The Morgan fingerprint density at radius 2 is 1.21 bits per heavy atom. The number of nitrogens with one attached hydrogen (secondary N) is 1. The lowest BCUT2D eigenvalue weighted by Gasteiger charge is -2.13. The van der Waals surface area contributed by atoms with E-state index in [1.54, 1.807) is 0 Å². The minimum atomic E-state index is -0.991. The molecule has 4 N–H and O–H groups in total. The second kappa shape index (κ2) is 24.0. The maximum atomic E-state index is 11.9. The van der Waals surface area contributed by atoms with E-state index >= 15 is 0 Å². The molecule has 5 heteroatoms. The predicted octanol–water partition coefficient (Wildman–Crippen LogP) is 6.16. The molecule has 184 valence electrons. The minimum absolute atomic E-state index is 0.227. The van der Waals surface area contributed by atoms with Crippen LogP contribution in [0.2, 0.25) is 0 Å². The third-order valence-corrected chi connectivity index (χ3v) is 4.71. The fourth-order valence-corrected chi connectivity index (χ4v) is 2.87. The van der Waals surface area contributed by atoms with Crippen molar-refractivity contribution in [1.29, 1.82) is 0 Å². The Bertz CT molecular complexity index is 673. The van der Waals surface area contributed by atoms with Crippen molar-refractivity contribution in [3.05, 3.63) is 72.9 Å². The van der Waals surface area contributed by atoms with E-state index in [4.69, 9.17) is 5.73 Å². The molecule has 0 unspecified atom stereocenters. The first-order chi connectivity index (χ1) is 16.1. The molecule has 0 saturated heterocycles. The summed E-state index contributed by atoms with van der Waals surface area (Å²) >= 11 is 0. The summed E-state index contributed by atoms with van der Waals surface area (Å²) in [6.07, 6.45) is 34.2. The number of carbonyl (C=O) groups is 2. The van der Waals surface area contributed by atoms with Gasteiger partial charge in [-0.1, -0.05) is 79.8 Å². The van der Waals surface area contributed by atoms with Crippen LogP contribution in [-0.4, -0.2) is 29.6 Å². The number of unbranched alkanes of at least 4 members (excludes halogenated alkanes) is 1. The number of aliphatic carboxylic acids is 1. The third-order valence-electron chi connectivity index (χ3n) is 4.71. The number of hydrogen-bond acceptors (Lipinski definition) is 3. The summed E-state index contributed by atoms with van der Waals surface area (Å²) in [5.41, 5.74) is 5.42. The van der Waals surface area contributed by atoms with Gasteiger partial charge in [0.25, 0.3) is 0 Å². The number of hydrogen-bond donors (Lipinski definition) is 3. The molecule has 1 atom stereocenters. The first-order valence-electron chi connectivity index (χ1n) is 12.2. The summed E-state index contributed by atoms with van der Waals surface area (Å²) in [6, 6.07) is -0.825. The zero-order valence-electron chi connectivity index (χ0n) is 20.3. The summed E-state index contributed by atoms with van der Waals surface area (Å²) in [5, 5.41) is 11.8. The van der Waals surface area contributed by atoms with Gasteiger partial charge in [-0.2, -0.15) is 0 Å². The molecule has 5 nitrogen and oxygen atoms in total. The predicted molar refractivity (Wildman–Crippen MR) is 140 cm³/mol. The first-order valence-corrected chi connectivity index (χ1v) is 12.2. The number of amides is 1. The molecule has 0 aromatic heterocycles. The van der Waals surface area contributed by atoms with E-state index in [1.807, 2.05) is 12.2 Å². The largest absolute Gasteiger partial charge is 0.480 e. The quantitative estimate of drug-likeness (QED) is 0.151. The number of carboxylic acid groups (broad SMARTS) is 1. The van der Waals surface area contributed by atoms with Crippen LogP contribution in [-0.2, 0) is 9.59 Å². The minimum Gasteiger partial charge on any atom is -0.480 e. The van der Waals surface area contributed by atoms with Crippen molar-refractivity contribution in [2.24, 2.45) is 5.73 Å². The van der Waals surface area contributed by atoms with Gasteiger partial charge in [-0.05, 0) is 70.8 Å². The lowest BCUT2D eigenvalue weighted by atomic mass is 10.1. The monoisotopic (exact) mass is 456 g/mol. The van der Waals surface area contributed by atoms with Crippen LogP contribution in [0.1, 0.15) is 77.6 Å². The van der Waals surface area contributed by atoms with E-state index in [0.717, 1.165) is 44.9 Å². The second-order valence-corrected chi connectivity index (χ2v) is 7.70. The van der Waals surface area contributed by atoms with E-state index < -0.39 is 12.0 Å². The van der Waals surface area contributed by atoms with Crippen LogP contribution in [0.5, 0.6) is 0 Å². The lowest BCUT2D eigenvalue weighted by Crippen LogP contribution is -2.40.